The number of nitrogens with two attached hydrogens (primary N) is 1. The molecule has 1 aromatic rings. The van der Waals surface area contributed by atoms with E-state index in [-0.39, 0.29) is 11.7 Å². The first-order chi connectivity index (χ1) is 8.22. The van der Waals surface area contributed by atoms with Gasteiger partial charge in [-0.15, -0.1) is 0 Å². The second-order valence-electron chi connectivity index (χ2n) is 4.63. The first-order valence-electron chi connectivity index (χ1n) is 6.13. The van der Waals surface area contributed by atoms with E-state index in [4.69, 9.17) is 5.73 Å². The van der Waals surface area contributed by atoms with Crippen molar-refractivity contribution in [3.05, 3.63) is 29.8 Å². The number of nitrogens with one attached hydrogen (secondary N) is 1. The fourth-order valence-electron chi connectivity index (χ4n) is 2.50. The molecule has 17 heavy (non-hydrogen) atoms. The second-order valence-corrected chi connectivity index (χ2v) is 4.63. The molecule has 2 rings (SSSR count). The summed E-state index contributed by atoms with van der Waals surface area (Å²) in [6, 6.07) is 3.99. The van der Waals surface area contributed by atoms with Crippen molar-refractivity contribution in [2.45, 2.75) is 31.7 Å². The maximum Gasteiger partial charge on any atom is 0.149 e. The summed E-state index contributed by atoms with van der Waals surface area (Å²) in [6.07, 6.45) is 4.20. The molecule has 2 atom stereocenters. The number of benzene rings is 1. The van der Waals surface area contributed by atoms with Crippen LogP contribution in [-0.4, -0.2) is 12.6 Å². The highest BCUT2D eigenvalue weighted by atomic mass is 19.1. The van der Waals surface area contributed by atoms with Crippen LogP contribution < -0.4 is 11.1 Å². The molecular formula is C13H18F2N2. The first-order valence-corrected chi connectivity index (χ1v) is 6.13. The van der Waals surface area contributed by atoms with E-state index >= 15 is 0 Å². The fraction of sp³-hybridized carbons (Fsp3) is 0.538. The van der Waals surface area contributed by atoms with Crippen LogP contribution in [0.25, 0.3) is 0 Å². The number of hydrogen-bond acceptors (Lipinski definition) is 2. The van der Waals surface area contributed by atoms with Gasteiger partial charge in [-0.3, -0.25) is 0 Å². The van der Waals surface area contributed by atoms with E-state index in [1.165, 1.54) is 18.2 Å². The molecule has 0 aliphatic heterocycles. The highest BCUT2D eigenvalue weighted by Gasteiger charge is 2.25. The molecule has 1 aromatic carbocycles. The summed E-state index contributed by atoms with van der Waals surface area (Å²) in [7, 11) is 0. The molecule has 0 heterocycles. The fourth-order valence-corrected chi connectivity index (χ4v) is 2.50. The molecule has 1 aliphatic rings. The van der Waals surface area contributed by atoms with Crippen molar-refractivity contribution in [2.24, 2.45) is 11.7 Å². The minimum absolute atomic E-state index is 0.0159. The Balaban J connectivity index is 2.13. The summed E-state index contributed by atoms with van der Waals surface area (Å²) in [4.78, 5) is 0. The Morgan fingerprint density at radius 2 is 1.82 bits per heavy atom. The predicted octanol–water partition coefficient (Wildman–Crippen LogP) is 2.89. The monoisotopic (exact) mass is 240 g/mol. The van der Waals surface area contributed by atoms with Gasteiger partial charge in [-0.05, 0) is 37.4 Å². The van der Waals surface area contributed by atoms with Crippen molar-refractivity contribution < 1.29 is 8.78 Å². The summed E-state index contributed by atoms with van der Waals surface area (Å²) in [5, 5.41) is 2.99. The van der Waals surface area contributed by atoms with Gasteiger partial charge in [0.1, 0.15) is 17.3 Å². The number of hydrogen-bond donors (Lipinski definition) is 2. The smallest absolute Gasteiger partial charge is 0.149 e. The highest BCUT2D eigenvalue weighted by molar-refractivity contribution is 5.47. The SMILES string of the molecule is NCC1CCCCC1Nc1c(F)cccc1F. The normalized spacial score (nSPS) is 24.6. The van der Waals surface area contributed by atoms with E-state index in [9.17, 15) is 8.78 Å². The van der Waals surface area contributed by atoms with Crippen molar-refractivity contribution in [1.82, 2.24) is 0 Å². The second kappa shape index (κ2) is 5.45. The molecule has 3 N–H and O–H groups in total. The zero-order chi connectivity index (χ0) is 12.3. The Bertz CT molecular complexity index is 361. The Kier molecular flexibility index (Phi) is 3.94. The van der Waals surface area contributed by atoms with Gasteiger partial charge < -0.3 is 11.1 Å². The average Bonchev–Trinajstić information content (AvgIpc) is 2.34. The van der Waals surface area contributed by atoms with E-state index in [1.807, 2.05) is 0 Å². The third-order valence-corrected chi connectivity index (χ3v) is 3.50. The Labute approximate surface area is 100 Å². The topological polar surface area (TPSA) is 38.0 Å². The molecule has 0 radical (unpaired) electrons. The average molecular weight is 240 g/mol. The minimum atomic E-state index is -0.536. The predicted molar refractivity (Wildman–Crippen MR) is 64.8 cm³/mol. The van der Waals surface area contributed by atoms with Gasteiger partial charge in [-0.2, -0.15) is 0 Å². The Morgan fingerprint density at radius 3 is 2.47 bits per heavy atom. The van der Waals surface area contributed by atoms with Gasteiger partial charge >= 0.3 is 0 Å². The summed E-state index contributed by atoms with van der Waals surface area (Å²) < 4.78 is 27.0. The minimum Gasteiger partial charge on any atom is -0.377 e. The summed E-state index contributed by atoms with van der Waals surface area (Å²) >= 11 is 0. The maximum atomic E-state index is 13.5. The molecule has 1 saturated carbocycles. The summed E-state index contributed by atoms with van der Waals surface area (Å²) in [5.41, 5.74) is 5.68. The van der Waals surface area contributed by atoms with Crippen LogP contribution in [0, 0.1) is 17.6 Å². The van der Waals surface area contributed by atoms with Crippen LogP contribution in [0.15, 0.2) is 18.2 Å². The first kappa shape index (κ1) is 12.3. The zero-order valence-electron chi connectivity index (χ0n) is 9.76. The molecule has 4 heteroatoms. The lowest BCUT2D eigenvalue weighted by Gasteiger charge is -2.32. The van der Waals surface area contributed by atoms with Crippen LogP contribution in [0.3, 0.4) is 0 Å². The van der Waals surface area contributed by atoms with Gasteiger partial charge in [-0.25, -0.2) is 8.78 Å². The largest absolute Gasteiger partial charge is 0.377 e. The van der Waals surface area contributed by atoms with Crippen LogP contribution in [0.4, 0.5) is 14.5 Å². The van der Waals surface area contributed by atoms with Gasteiger partial charge in [-0.1, -0.05) is 18.9 Å². The molecule has 0 saturated heterocycles. The van der Waals surface area contributed by atoms with E-state index in [2.05, 4.69) is 5.32 Å². The van der Waals surface area contributed by atoms with Gasteiger partial charge in [0, 0.05) is 6.04 Å². The van der Waals surface area contributed by atoms with Crippen LogP contribution in [-0.2, 0) is 0 Å². The molecule has 94 valence electrons. The van der Waals surface area contributed by atoms with Gasteiger partial charge in [0.05, 0.1) is 0 Å². The number of anilines is 1. The number of para-hydroxylation sites is 1. The van der Waals surface area contributed by atoms with Crippen LogP contribution in [0.1, 0.15) is 25.7 Å². The van der Waals surface area contributed by atoms with Crippen molar-refractivity contribution >= 4 is 5.69 Å². The molecule has 1 fully saturated rings. The Morgan fingerprint density at radius 1 is 1.18 bits per heavy atom. The van der Waals surface area contributed by atoms with Crippen LogP contribution >= 0.6 is 0 Å². The number of halogens is 2. The van der Waals surface area contributed by atoms with Gasteiger partial charge in [0.25, 0.3) is 0 Å². The maximum absolute atomic E-state index is 13.5. The lowest BCUT2D eigenvalue weighted by atomic mass is 9.84. The van der Waals surface area contributed by atoms with E-state index in [0.717, 1.165) is 25.7 Å². The molecule has 0 bridgehead atoms. The van der Waals surface area contributed by atoms with Crippen molar-refractivity contribution in [1.29, 1.82) is 0 Å². The van der Waals surface area contributed by atoms with E-state index < -0.39 is 11.6 Å². The van der Waals surface area contributed by atoms with Gasteiger partial charge in [0.15, 0.2) is 0 Å². The lowest BCUT2D eigenvalue weighted by molar-refractivity contribution is 0.331. The molecule has 0 aromatic heterocycles. The Hall–Kier alpha value is -1.16. The van der Waals surface area contributed by atoms with Crippen LogP contribution in [0.5, 0.6) is 0 Å². The van der Waals surface area contributed by atoms with Crippen LogP contribution in [0.2, 0.25) is 0 Å². The number of rotatable bonds is 3. The van der Waals surface area contributed by atoms with E-state index in [0.29, 0.717) is 12.5 Å². The van der Waals surface area contributed by atoms with Crippen molar-refractivity contribution in [2.75, 3.05) is 11.9 Å². The molecular weight excluding hydrogens is 222 g/mol. The quantitative estimate of drug-likeness (QED) is 0.852. The standard InChI is InChI=1S/C13H18F2N2/c14-10-5-3-6-11(15)13(10)17-12-7-2-1-4-9(12)8-16/h3,5-6,9,12,17H,1-2,4,7-8,16H2. The zero-order valence-corrected chi connectivity index (χ0v) is 9.76. The third-order valence-electron chi connectivity index (χ3n) is 3.50. The highest BCUT2D eigenvalue weighted by Crippen LogP contribution is 2.28. The summed E-state index contributed by atoms with van der Waals surface area (Å²) in [6.45, 7) is 0.563. The third kappa shape index (κ3) is 2.75. The lowest BCUT2D eigenvalue weighted by Crippen LogP contribution is -2.37. The van der Waals surface area contributed by atoms with Crippen molar-refractivity contribution in [3.8, 4) is 0 Å². The van der Waals surface area contributed by atoms with Crippen molar-refractivity contribution in [3.63, 3.8) is 0 Å². The summed E-state index contributed by atoms with van der Waals surface area (Å²) in [5.74, 6) is -0.763. The van der Waals surface area contributed by atoms with Gasteiger partial charge in [0.2, 0.25) is 0 Å². The molecule has 0 spiro atoms. The van der Waals surface area contributed by atoms with E-state index in [1.54, 1.807) is 0 Å². The molecule has 0 amide bonds. The molecule has 1 aliphatic carbocycles. The molecule has 2 unspecified atom stereocenters. The molecule has 2 nitrogen and oxygen atoms in total.